The molecule has 0 spiro atoms. The summed E-state index contributed by atoms with van der Waals surface area (Å²) in [6.07, 6.45) is -0.556. The van der Waals surface area contributed by atoms with Crippen LogP contribution in [0.25, 0.3) is 0 Å². The first-order valence-electron chi connectivity index (χ1n) is 4.77. The van der Waals surface area contributed by atoms with Crippen LogP contribution in [0.15, 0.2) is 30.3 Å². The zero-order valence-corrected chi connectivity index (χ0v) is 8.30. The Morgan fingerprint density at radius 3 is 2.53 bits per heavy atom. The summed E-state index contributed by atoms with van der Waals surface area (Å²) >= 11 is 0. The molecule has 0 aliphatic heterocycles. The lowest BCUT2D eigenvalue weighted by atomic mass is 10.1. The van der Waals surface area contributed by atoms with Gasteiger partial charge in [0.1, 0.15) is 0 Å². The Balaban J connectivity index is 2.15. The van der Waals surface area contributed by atoms with Crippen molar-refractivity contribution in [1.29, 1.82) is 0 Å². The molecule has 0 atom stereocenters. The van der Waals surface area contributed by atoms with E-state index in [1.54, 1.807) is 0 Å². The lowest BCUT2D eigenvalue weighted by Gasteiger charge is -2.05. The highest BCUT2D eigenvalue weighted by Crippen LogP contribution is 2.02. The molecule has 0 aliphatic rings. The van der Waals surface area contributed by atoms with Gasteiger partial charge in [0, 0.05) is 0 Å². The molecular formula is C11H14O4. The highest BCUT2D eigenvalue weighted by molar-refractivity contribution is 5.72. The maximum absolute atomic E-state index is 10.6. The van der Waals surface area contributed by atoms with E-state index < -0.39 is 12.3 Å². The van der Waals surface area contributed by atoms with E-state index in [9.17, 15) is 4.79 Å². The smallest absolute Gasteiger partial charge is 0.363 e. The van der Waals surface area contributed by atoms with Crippen LogP contribution in [-0.4, -0.2) is 29.1 Å². The van der Waals surface area contributed by atoms with Crippen molar-refractivity contribution < 1.29 is 19.7 Å². The SMILES string of the molecule is O=C(OCCCc1ccccc1)C(O)O. The molecule has 0 saturated heterocycles. The predicted octanol–water partition coefficient (Wildman–Crippen LogP) is 0.473. The van der Waals surface area contributed by atoms with Gasteiger partial charge >= 0.3 is 5.97 Å². The van der Waals surface area contributed by atoms with Crippen LogP contribution in [0, 0.1) is 0 Å². The molecule has 1 rings (SSSR count). The minimum Gasteiger partial charge on any atom is -0.462 e. The summed E-state index contributed by atoms with van der Waals surface area (Å²) in [5, 5.41) is 16.8. The van der Waals surface area contributed by atoms with Gasteiger partial charge in [-0.05, 0) is 18.4 Å². The maximum Gasteiger partial charge on any atom is 0.363 e. The van der Waals surface area contributed by atoms with Crippen molar-refractivity contribution in [3.63, 3.8) is 0 Å². The maximum atomic E-state index is 10.6. The summed E-state index contributed by atoms with van der Waals surface area (Å²) in [5.74, 6) is -0.997. The Bertz CT molecular complexity index is 295. The van der Waals surface area contributed by atoms with Crippen molar-refractivity contribution in [3.8, 4) is 0 Å². The topological polar surface area (TPSA) is 66.8 Å². The Morgan fingerprint density at radius 2 is 1.93 bits per heavy atom. The van der Waals surface area contributed by atoms with Crippen molar-refractivity contribution in [3.05, 3.63) is 35.9 Å². The largest absolute Gasteiger partial charge is 0.462 e. The molecule has 2 N–H and O–H groups in total. The van der Waals surface area contributed by atoms with E-state index in [0.717, 1.165) is 12.0 Å². The molecule has 0 radical (unpaired) electrons. The number of ether oxygens (including phenoxy) is 1. The number of carbonyl (C=O) groups excluding carboxylic acids is 1. The van der Waals surface area contributed by atoms with Crippen molar-refractivity contribution in [2.75, 3.05) is 6.61 Å². The van der Waals surface area contributed by atoms with Crippen LogP contribution in [0.5, 0.6) is 0 Å². The van der Waals surface area contributed by atoms with Gasteiger partial charge in [-0.1, -0.05) is 30.3 Å². The fourth-order valence-corrected chi connectivity index (χ4v) is 1.17. The number of carbonyl (C=O) groups is 1. The van der Waals surface area contributed by atoms with Crippen LogP contribution in [0.3, 0.4) is 0 Å². The Morgan fingerprint density at radius 1 is 1.27 bits per heavy atom. The first kappa shape index (κ1) is 11.7. The second-order valence-corrected chi connectivity index (χ2v) is 3.13. The summed E-state index contributed by atoms with van der Waals surface area (Å²) in [5.41, 5.74) is 1.16. The molecule has 0 aliphatic carbocycles. The standard InChI is InChI=1S/C11H14O4/c12-10(13)11(14)15-8-4-7-9-5-2-1-3-6-9/h1-3,5-6,10,12-13H,4,7-8H2. The Kier molecular flexibility index (Phi) is 4.80. The van der Waals surface area contributed by atoms with Gasteiger partial charge in [0.05, 0.1) is 6.61 Å². The minimum atomic E-state index is -2.03. The molecule has 0 saturated carbocycles. The molecule has 1 aromatic rings. The van der Waals surface area contributed by atoms with E-state index in [1.807, 2.05) is 30.3 Å². The third-order valence-electron chi connectivity index (χ3n) is 1.91. The van der Waals surface area contributed by atoms with E-state index in [0.29, 0.717) is 6.42 Å². The van der Waals surface area contributed by atoms with Gasteiger partial charge in [0.15, 0.2) is 0 Å². The monoisotopic (exact) mass is 210 g/mol. The molecule has 0 heterocycles. The Labute approximate surface area is 88.1 Å². The van der Waals surface area contributed by atoms with E-state index in [1.165, 1.54) is 0 Å². The second kappa shape index (κ2) is 6.16. The number of aryl methyl sites for hydroxylation is 1. The highest BCUT2D eigenvalue weighted by Gasteiger charge is 2.11. The number of esters is 1. The number of rotatable bonds is 5. The fourth-order valence-electron chi connectivity index (χ4n) is 1.17. The Hall–Kier alpha value is -1.39. The number of aliphatic hydroxyl groups excluding tert-OH is 1. The molecule has 0 fully saturated rings. The lowest BCUT2D eigenvalue weighted by molar-refractivity contribution is -0.173. The average molecular weight is 210 g/mol. The van der Waals surface area contributed by atoms with Gasteiger partial charge in [-0.25, -0.2) is 4.79 Å². The lowest BCUT2D eigenvalue weighted by Crippen LogP contribution is -2.22. The fraction of sp³-hybridized carbons (Fsp3) is 0.364. The third kappa shape index (κ3) is 4.58. The van der Waals surface area contributed by atoms with E-state index in [4.69, 9.17) is 10.2 Å². The molecule has 0 unspecified atom stereocenters. The zero-order chi connectivity index (χ0) is 11.1. The molecule has 4 heteroatoms. The van der Waals surface area contributed by atoms with Crippen LogP contribution in [0.4, 0.5) is 0 Å². The van der Waals surface area contributed by atoms with Crippen molar-refractivity contribution >= 4 is 5.97 Å². The van der Waals surface area contributed by atoms with E-state index >= 15 is 0 Å². The minimum absolute atomic E-state index is 0.200. The molecule has 1 aromatic carbocycles. The van der Waals surface area contributed by atoms with Crippen LogP contribution in [0.1, 0.15) is 12.0 Å². The van der Waals surface area contributed by atoms with Crippen LogP contribution < -0.4 is 0 Å². The molecule has 4 nitrogen and oxygen atoms in total. The van der Waals surface area contributed by atoms with Crippen LogP contribution in [-0.2, 0) is 16.0 Å². The number of hydrogen-bond acceptors (Lipinski definition) is 4. The number of benzene rings is 1. The van der Waals surface area contributed by atoms with Crippen LogP contribution >= 0.6 is 0 Å². The van der Waals surface area contributed by atoms with Gasteiger partial charge in [-0.15, -0.1) is 0 Å². The summed E-state index contributed by atoms with van der Waals surface area (Å²) < 4.78 is 4.59. The van der Waals surface area contributed by atoms with Crippen molar-refractivity contribution in [1.82, 2.24) is 0 Å². The zero-order valence-electron chi connectivity index (χ0n) is 8.30. The van der Waals surface area contributed by atoms with E-state index in [-0.39, 0.29) is 6.61 Å². The molecule has 0 bridgehead atoms. The first-order chi connectivity index (χ1) is 7.20. The molecule has 0 amide bonds. The quantitative estimate of drug-likeness (QED) is 0.421. The molecule has 15 heavy (non-hydrogen) atoms. The van der Waals surface area contributed by atoms with Crippen LogP contribution in [0.2, 0.25) is 0 Å². The van der Waals surface area contributed by atoms with E-state index in [2.05, 4.69) is 4.74 Å². The summed E-state index contributed by atoms with van der Waals surface area (Å²) in [6.45, 7) is 0.200. The average Bonchev–Trinajstić information content (AvgIpc) is 2.25. The first-order valence-corrected chi connectivity index (χ1v) is 4.77. The van der Waals surface area contributed by atoms with Gasteiger partial charge < -0.3 is 14.9 Å². The van der Waals surface area contributed by atoms with Crippen molar-refractivity contribution in [2.45, 2.75) is 19.1 Å². The number of aliphatic hydroxyl groups is 2. The van der Waals surface area contributed by atoms with Crippen molar-refractivity contribution in [2.24, 2.45) is 0 Å². The van der Waals surface area contributed by atoms with Gasteiger partial charge in [0.2, 0.25) is 0 Å². The van der Waals surface area contributed by atoms with Gasteiger partial charge in [-0.3, -0.25) is 0 Å². The second-order valence-electron chi connectivity index (χ2n) is 3.13. The molecule has 82 valence electrons. The number of hydrogen-bond donors (Lipinski definition) is 2. The third-order valence-corrected chi connectivity index (χ3v) is 1.91. The molecular weight excluding hydrogens is 196 g/mol. The summed E-state index contributed by atoms with van der Waals surface area (Å²) in [4.78, 5) is 10.6. The summed E-state index contributed by atoms with van der Waals surface area (Å²) in [7, 11) is 0. The van der Waals surface area contributed by atoms with Gasteiger partial charge in [-0.2, -0.15) is 0 Å². The molecule has 0 aromatic heterocycles. The van der Waals surface area contributed by atoms with Gasteiger partial charge in [0.25, 0.3) is 6.29 Å². The predicted molar refractivity (Wildman–Crippen MR) is 53.9 cm³/mol. The summed E-state index contributed by atoms with van der Waals surface area (Å²) in [6, 6.07) is 9.80. The normalized spacial score (nSPS) is 10.3. The highest BCUT2D eigenvalue weighted by atomic mass is 16.6.